The lowest BCUT2D eigenvalue weighted by Gasteiger charge is -2.53. The predicted octanol–water partition coefficient (Wildman–Crippen LogP) is 1.39. The maximum atomic E-state index is 5.98. The van der Waals surface area contributed by atoms with Crippen molar-refractivity contribution in [3.8, 4) is 0 Å². The van der Waals surface area contributed by atoms with E-state index in [0.717, 1.165) is 19.3 Å². The van der Waals surface area contributed by atoms with Crippen molar-refractivity contribution in [3.63, 3.8) is 0 Å². The van der Waals surface area contributed by atoms with E-state index in [1.54, 1.807) is 0 Å². The quantitative estimate of drug-likeness (QED) is 0.746. The fraction of sp³-hybridized carbons (Fsp3) is 1.00. The van der Waals surface area contributed by atoms with Gasteiger partial charge in [-0.15, -0.1) is 0 Å². The van der Waals surface area contributed by atoms with E-state index in [2.05, 4.69) is 4.90 Å². The number of hydrogen-bond donors (Lipinski definition) is 2. The molecule has 2 bridgehead atoms. The lowest BCUT2D eigenvalue weighted by molar-refractivity contribution is -0.144. The van der Waals surface area contributed by atoms with Gasteiger partial charge in [0.25, 0.3) is 0 Å². The highest BCUT2D eigenvalue weighted by atomic mass is 16.6. The zero-order valence-electron chi connectivity index (χ0n) is 11.4. The Labute approximate surface area is 110 Å². The minimum Gasteiger partial charge on any atom is -0.328 e. The first-order valence-corrected chi connectivity index (χ1v) is 7.51. The summed E-state index contributed by atoms with van der Waals surface area (Å²) in [4.78, 5) is 7.93. The molecule has 1 heterocycles. The highest BCUT2D eigenvalue weighted by molar-refractivity contribution is 5.02. The lowest BCUT2D eigenvalue weighted by atomic mass is 9.58. The number of nitrogens with zero attached hydrogens (tertiary/aromatic N) is 1. The van der Waals surface area contributed by atoms with Crippen LogP contribution in [0.4, 0.5) is 0 Å². The van der Waals surface area contributed by atoms with Crippen molar-refractivity contribution in [2.24, 2.45) is 17.0 Å². The number of nitrogens with two attached hydrogens (primary N) is 2. The molecule has 4 aliphatic rings. The second-order valence-corrected chi connectivity index (χ2v) is 6.91. The fourth-order valence-electron chi connectivity index (χ4n) is 4.23. The third-order valence-electron chi connectivity index (χ3n) is 5.77. The summed E-state index contributed by atoms with van der Waals surface area (Å²) in [6.07, 6.45) is 9.73. The van der Waals surface area contributed by atoms with E-state index in [1.807, 2.05) is 0 Å². The topological polar surface area (TPSA) is 64.5 Å². The molecule has 4 rings (SSSR count). The van der Waals surface area contributed by atoms with Crippen LogP contribution >= 0.6 is 0 Å². The number of likely N-dealkylation sites (tertiary alicyclic amines) is 1. The first-order valence-electron chi connectivity index (χ1n) is 7.51. The van der Waals surface area contributed by atoms with Gasteiger partial charge in [0.15, 0.2) is 0 Å². The van der Waals surface area contributed by atoms with Crippen molar-refractivity contribution >= 4 is 0 Å². The Morgan fingerprint density at radius 1 is 1.00 bits per heavy atom. The molecule has 0 aromatic rings. The van der Waals surface area contributed by atoms with E-state index in [9.17, 15) is 0 Å². The predicted molar refractivity (Wildman–Crippen MR) is 71.8 cm³/mol. The van der Waals surface area contributed by atoms with Gasteiger partial charge >= 0.3 is 0 Å². The van der Waals surface area contributed by atoms with Crippen LogP contribution in [0.3, 0.4) is 0 Å². The Hall–Kier alpha value is -0.160. The van der Waals surface area contributed by atoms with Crippen molar-refractivity contribution in [2.45, 2.75) is 63.0 Å². The third-order valence-corrected chi connectivity index (χ3v) is 5.77. The molecule has 0 unspecified atom stereocenters. The summed E-state index contributed by atoms with van der Waals surface area (Å²) in [5, 5.41) is 0. The zero-order chi connectivity index (χ0) is 12.6. The average Bonchev–Trinajstić information content (AvgIpc) is 2.43. The summed E-state index contributed by atoms with van der Waals surface area (Å²) in [5.41, 5.74) is 6.57. The zero-order valence-corrected chi connectivity index (χ0v) is 11.4. The van der Waals surface area contributed by atoms with E-state index >= 15 is 0 Å². The second-order valence-electron chi connectivity index (χ2n) is 6.91. The third kappa shape index (κ3) is 2.31. The van der Waals surface area contributed by atoms with E-state index in [0.29, 0.717) is 11.5 Å². The number of rotatable bonds is 3. The van der Waals surface area contributed by atoms with Crippen LogP contribution in [0.1, 0.15) is 51.4 Å². The summed E-state index contributed by atoms with van der Waals surface area (Å²) in [7, 11) is 0. The minimum absolute atomic E-state index is 0.0337. The van der Waals surface area contributed by atoms with Crippen molar-refractivity contribution in [1.29, 1.82) is 0 Å². The molecule has 0 aromatic heterocycles. The average molecular weight is 253 g/mol. The molecule has 0 atom stereocenters. The monoisotopic (exact) mass is 253 g/mol. The van der Waals surface area contributed by atoms with E-state index in [1.165, 1.54) is 51.7 Å². The Morgan fingerprint density at radius 3 is 2.06 bits per heavy atom. The second kappa shape index (κ2) is 4.75. The highest BCUT2D eigenvalue weighted by Gasteiger charge is 2.49. The Bertz CT molecular complexity index is 275. The van der Waals surface area contributed by atoms with Gasteiger partial charge in [-0.25, -0.2) is 5.90 Å². The van der Waals surface area contributed by atoms with Crippen molar-refractivity contribution < 1.29 is 4.84 Å². The van der Waals surface area contributed by atoms with Gasteiger partial charge in [0.2, 0.25) is 0 Å². The van der Waals surface area contributed by atoms with Gasteiger partial charge < -0.3 is 10.6 Å². The highest BCUT2D eigenvalue weighted by Crippen LogP contribution is 2.53. The first-order chi connectivity index (χ1) is 8.65. The SMILES string of the molecule is NOC12CCC(CN3CCC(N)CC3)(CC1)CC2. The van der Waals surface area contributed by atoms with Crippen molar-refractivity contribution in [3.05, 3.63) is 0 Å². The van der Waals surface area contributed by atoms with E-state index < -0.39 is 0 Å². The van der Waals surface area contributed by atoms with Crippen molar-refractivity contribution in [2.75, 3.05) is 19.6 Å². The summed E-state index contributed by atoms with van der Waals surface area (Å²) < 4.78 is 0. The molecule has 104 valence electrons. The molecule has 0 radical (unpaired) electrons. The van der Waals surface area contributed by atoms with Crippen LogP contribution < -0.4 is 11.6 Å². The van der Waals surface area contributed by atoms with Crippen LogP contribution in [0, 0.1) is 5.41 Å². The van der Waals surface area contributed by atoms with Gasteiger partial charge in [0, 0.05) is 12.6 Å². The molecule has 1 aliphatic heterocycles. The van der Waals surface area contributed by atoms with Gasteiger partial charge in [-0.2, -0.15) is 0 Å². The number of fused-ring (bicyclic) bond motifs is 3. The molecule has 0 spiro atoms. The maximum Gasteiger partial charge on any atom is 0.0894 e. The Balaban J connectivity index is 1.57. The molecule has 18 heavy (non-hydrogen) atoms. The molecular weight excluding hydrogens is 226 g/mol. The molecule has 1 saturated heterocycles. The number of piperidine rings is 1. The molecular formula is C14H27N3O. The molecule has 4 heteroatoms. The first kappa shape index (κ1) is 12.9. The largest absolute Gasteiger partial charge is 0.328 e. The van der Waals surface area contributed by atoms with E-state index in [4.69, 9.17) is 16.5 Å². The maximum absolute atomic E-state index is 5.98. The van der Waals surface area contributed by atoms with Gasteiger partial charge in [-0.3, -0.25) is 4.84 Å². The lowest BCUT2D eigenvalue weighted by Crippen LogP contribution is -2.53. The van der Waals surface area contributed by atoms with Crippen LogP contribution in [-0.4, -0.2) is 36.2 Å². The van der Waals surface area contributed by atoms with Crippen LogP contribution in [0.2, 0.25) is 0 Å². The van der Waals surface area contributed by atoms with Gasteiger partial charge in [-0.05, 0) is 69.9 Å². The van der Waals surface area contributed by atoms with Crippen LogP contribution in [0.5, 0.6) is 0 Å². The summed E-state index contributed by atoms with van der Waals surface area (Å²) >= 11 is 0. The van der Waals surface area contributed by atoms with Gasteiger partial charge in [-0.1, -0.05) is 0 Å². The van der Waals surface area contributed by atoms with Gasteiger partial charge in [0.1, 0.15) is 0 Å². The molecule has 4 fully saturated rings. The summed E-state index contributed by atoms with van der Waals surface area (Å²) in [5.74, 6) is 5.49. The summed E-state index contributed by atoms with van der Waals surface area (Å²) in [6.45, 7) is 3.67. The molecule has 3 saturated carbocycles. The molecule has 4 N–H and O–H groups in total. The minimum atomic E-state index is 0.0337. The molecule has 0 amide bonds. The number of hydrogen-bond acceptors (Lipinski definition) is 4. The van der Waals surface area contributed by atoms with E-state index in [-0.39, 0.29) is 5.60 Å². The normalized spacial score (nSPS) is 42.3. The fourth-order valence-corrected chi connectivity index (χ4v) is 4.23. The standard InChI is InChI=1S/C14H27N3O/c15-12-1-9-17(10-2-12)11-13-3-6-14(18-16,7-4-13)8-5-13/h12H,1-11,15-16H2. The van der Waals surface area contributed by atoms with Crippen molar-refractivity contribution in [1.82, 2.24) is 4.90 Å². The van der Waals surface area contributed by atoms with Gasteiger partial charge in [0.05, 0.1) is 5.60 Å². The molecule has 3 aliphatic carbocycles. The van der Waals surface area contributed by atoms with Crippen LogP contribution in [0.15, 0.2) is 0 Å². The smallest absolute Gasteiger partial charge is 0.0894 e. The Kier molecular flexibility index (Phi) is 3.39. The summed E-state index contributed by atoms with van der Waals surface area (Å²) in [6, 6.07) is 0.440. The van der Waals surface area contributed by atoms with Crippen LogP contribution in [-0.2, 0) is 4.84 Å². The Morgan fingerprint density at radius 2 is 1.56 bits per heavy atom. The molecule has 0 aromatic carbocycles. The molecule has 4 nitrogen and oxygen atoms in total. The van der Waals surface area contributed by atoms with Crippen LogP contribution in [0.25, 0.3) is 0 Å².